The Labute approximate surface area is 159 Å². The summed E-state index contributed by atoms with van der Waals surface area (Å²) in [5.74, 6) is 1.06. The summed E-state index contributed by atoms with van der Waals surface area (Å²) in [5, 5.41) is 13.3. The minimum Gasteiger partial charge on any atom is -0.309 e. The number of H-pyrrole nitrogens is 1. The molecule has 0 saturated heterocycles. The number of benzene rings is 2. The Kier molecular flexibility index (Phi) is 4.49. The zero-order valence-electron chi connectivity index (χ0n) is 15.2. The van der Waals surface area contributed by atoms with Crippen LogP contribution in [-0.2, 0) is 5.75 Å². The van der Waals surface area contributed by atoms with E-state index in [2.05, 4.69) is 38.5 Å². The van der Waals surface area contributed by atoms with E-state index in [9.17, 15) is 4.79 Å². The third-order valence-corrected chi connectivity index (χ3v) is 5.28. The Bertz CT molecular complexity index is 1200. The monoisotopic (exact) mass is 378 g/mol. The van der Waals surface area contributed by atoms with Crippen LogP contribution in [0.3, 0.4) is 0 Å². The predicted molar refractivity (Wildman–Crippen MR) is 105 cm³/mol. The lowest BCUT2D eigenvalue weighted by Crippen LogP contribution is -2.12. The van der Waals surface area contributed by atoms with Gasteiger partial charge in [-0.1, -0.05) is 41.6 Å². The quantitative estimate of drug-likeness (QED) is 0.549. The number of aromatic nitrogens is 6. The van der Waals surface area contributed by atoms with Gasteiger partial charge in [-0.05, 0) is 54.5 Å². The zero-order valence-corrected chi connectivity index (χ0v) is 16.0. The van der Waals surface area contributed by atoms with Crippen LogP contribution in [0.5, 0.6) is 0 Å². The highest BCUT2D eigenvalue weighted by Crippen LogP contribution is 2.24. The number of hydrogen-bond acceptors (Lipinski definition) is 6. The number of aryl methyl sites for hydroxylation is 3. The van der Waals surface area contributed by atoms with Crippen LogP contribution in [0.4, 0.5) is 0 Å². The van der Waals surface area contributed by atoms with Crippen LogP contribution >= 0.6 is 11.8 Å². The molecule has 0 spiro atoms. The molecule has 2 heterocycles. The molecular weight excluding hydrogens is 360 g/mol. The summed E-state index contributed by atoms with van der Waals surface area (Å²) in [6, 6.07) is 11.7. The van der Waals surface area contributed by atoms with Crippen LogP contribution in [0.2, 0.25) is 0 Å². The molecule has 4 rings (SSSR count). The normalized spacial score (nSPS) is 11.2. The maximum atomic E-state index is 12.3. The van der Waals surface area contributed by atoms with E-state index in [0.717, 1.165) is 22.3 Å². The SMILES string of the molecule is Cc1ccc(-n2nnnc2SCc2nc3c(C)cccc3c(=O)[nH]2)c(C)c1. The highest BCUT2D eigenvalue weighted by molar-refractivity contribution is 7.98. The number of aromatic amines is 1. The van der Waals surface area contributed by atoms with E-state index in [1.54, 1.807) is 10.7 Å². The molecule has 0 aliphatic heterocycles. The third kappa shape index (κ3) is 3.35. The molecule has 2 aromatic carbocycles. The molecule has 8 heteroatoms. The molecule has 0 aliphatic carbocycles. The van der Waals surface area contributed by atoms with Gasteiger partial charge in [0.2, 0.25) is 5.16 Å². The summed E-state index contributed by atoms with van der Waals surface area (Å²) in [6.45, 7) is 6.03. The van der Waals surface area contributed by atoms with Gasteiger partial charge < -0.3 is 4.98 Å². The fourth-order valence-electron chi connectivity index (χ4n) is 3.02. The van der Waals surface area contributed by atoms with E-state index in [-0.39, 0.29) is 5.56 Å². The average molecular weight is 378 g/mol. The van der Waals surface area contributed by atoms with Crippen LogP contribution in [0.15, 0.2) is 46.3 Å². The van der Waals surface area contributed by atoms with E-state index in [4.69, 9.17) is 0 Å². The predicted octanol–water partition coefficient (Wildman–Crippen LogP) is 3.12. The molecule has 4 aromatic rings. The van der Waals surface area contributed by atoms with Gasteiger partial charge in [0.05, 0.1) is 22.3 Å². The molecule has 27 heavy (non-hydrogen) atoms. The zero-order chi connectivity index (χ0) is 19.0. The molecule has 1 N–H and O–H groups in total. The Hall–Kier alpha value is -3.00. The molecule has 0 amide bonds. The lowest BCUT2D eigenvalue weighted by molar-refractivity contribution is 0.751. The van der Waals surface area contributed by atoms with Crippen molar-refractivity contribution in [2.24, 2.45) is 0 Å². The molecule has 0 bridgehead atoms. The summed E-state index contributed by atoms with van der Waals surface area (Å²) >= 11 is 1.43. The van der Waals surface area contributed by atoms with Crippen molar-refractivity contribution in [3.8, 4) is 5.69 Å². The van der Waals surface area contributed by atoms with Crippen molar-refractivity contribution in [1.29, 1.82) is 0 Å². The molecule has 0 aliphatic rings. The van der Waals surface area contributed by atoms with Crippen LogP contribution in [0, 0.1) is 20.8 Å². The lowest BCUT2D eigenvalue weighted by atomic mass is 10.1. The summed E-state index contributed by atoms with van der Waals surface area (Å²) in [7, 11) is 0. The first kappa shape index (κ1) is 17.4. The smallest absolute Gasteiger partial charge is 0.258 e. The van der Waals surface area contributed by atoms with Gasteiger partial charge in [-0.25, -0.2) is 4.98 Å². The number of nitrogens with zero attached hydrogens (tertiary/aromatic N) is 5. The molecule has 0 atom stereocenters. The van der Waals surface area contributed by atoms with Crippen molar-refractivity contribution < 1.29 is 0 Å². The molecule has 7 nitrogen and oxygen atoms in total. The maximum Gasteiger partial charge on any atom is 0.258 e. The van der Waals surface area contributed by atoms with Crippen molar-refractivity contribution in [2.45, 2.75) is 31.7 Å². The number of tetrazole rings is 1. The second kappa shape index (κ2) is 6.96. The van der Waals surface area contributed by atoms with Crippen molar-refractivity contribution in [1.82, 2.24) is 30.2 Å². The highest BCUT2D eigenvalue weighted by Gasteiger charge is 2.13. The van der Waals surface area contributed by atoms with Crippen LogP contribution in [-0.4, -0.2) is 30.2 Å². The Morgan fingerprint density at radius 1 is 1.11 bits per heavy atom. The van der Waals surface area contributed by atoms with E-state index in [1.165, 1.54) is 17.3 Å². The largest absolute Gasteiger partial charge is 0.309 e. The van der Waals surface area contributed by atoms with Crippen LogP contribution < -0.4 is 5.56 Å². The first-order valence-corrected chi connectivity index (χ1v) is 9.49. The minimum absolute atomic E-state index is 0.131. The van der Waals surface area contributed by atoms with Gasteiger partial charge in [0, 0.05) is 0 Å². The summed E-state index contributed by atoms with van der Waals surface area (Å²) in [4.78, 5) is 19.8. The van der Waals surface area contributed by atoms with E-state index >= 15 is 0 Å². The van der Waals surface area contributed by atoms with E-state index in [1.807, 2.05) is 38.1 Å². The Morgan fingerprint density at radius 3 is 2.78 bits per heavy atom. The number of rotatable bonds is 4. The molecule has 136 valence electrons. The van der Waals surface area contributed by atoms with Gasteiger partial charge in [-0.2, -0.15) is 4.68 Å². The van der Waals surface area contributed by atoms with Gasteiger partial charge >= 0.3 is 0 Å². The maximum absolute atomic E-state index is 12.3. The van der Waals surface area contributed by atoms with Crippen molar-refractivity contribution in [3.63, 3.8) is 0 Å². The topological polar surface area (TPSA) is 89.3 Å². The van der Waals surface area contributed by atoms with Crippen molar-refractivity contribution >= 4 is 22.7 Å². The highest BCUT2D eigenvalue weighted by atomic mass is 32.2. The Balaban J connectivity index is 1.64. The molecule has 0 saturated carbocycles. The summed E-state index contributed by atoms with van der Waals surface area (Å²) in [5.41, 5.74) is 4.79. The number of thioether (sulfide) groups is 1. The number of para-hydroxylation sites is 1. The van der Waals surface area contributed by atoms with Crippen LogP contribution in [0.1, 0.15) is 22.5 Å². The van der Waals surface area contributed by atoms with Gasteiger partial charge in [0.15, 0.2) is 0 Å². The molecule has 2 aromatic heterocycles. The van der Waals surface area contributed by atoms with Gasteiger partial charge in [-0.15, -0.1) is 5.10 Å². The summed E-state index contributed by atoms with van der Waals surface area (Å²) < 4.78 is 1.71. The standard InChI is InChI=1S/C19H18N6OS/c1-11-7-8-15(13(3)9-11)25-19(22-23-24-25)27-10-16-20-17-12(2)5-4-6-14(17)18(26)21-16/h4-9H,10H2,1-3H3,(H,20,21,26). The van der Waals surface area contributed by atoms with Gasteiger partial charge in [0.25, 0.3) is 5.56 Å². The first-order valence-electron chi connectivity index (χ1n) is 8.50. The van der Waals surface area contributed by atoms with Gasteiger partial charge in [0.1, 0.15) is 5.82 Å². The van der Waals surface area contributed by atoms with E-state index in [0.29, 0.717) is 22.1 Å². The van der Waals surface area contributed by atoms with Crippen molar-refractivity contribution in [3.05, 3.63) is 69.3 Å². The second-order valence-electron chi connectivity index (χ2n) is 6.44. The van der Waals surface area contributed by atoms with E-state index < -0.39 is 0 Å². The molecule has 0 fully saturated rings. The number of fused-ring (bicyclic) bond motifs is 1. The second-order valence-corrected chi connectivity index (χ2v) is 7.38. The summed E-state index contributed by atoms with van der Waals surface area (Å²) in [6.07, 6.45) is 0. The minimum atomic E-state index is -0.131. The Morgan fingerprint density at radius 2 is 1.96 bits per heavy atom. The van der Waals surface area contributed by atoms with Gasteiger partial charge in [-0.3, -0.25) is 4.79 Å². The number of hydrogen-bond donors (Lipinski definition) is 1. The lowest BCUT2D eigenvalue weighted by Gasteiger charge is -2.08. The molecule has 0 unspecified atom stereocenters. The van der Waals surface area contributed by atoms with Crippen LogP contribution in [0.25, 0.3) is 16.6 Å². The fourth-order valence-corrected chi connectivity index (χ4v) is 3.77. The third-order valence-electron chi connectivity index (χ3n) is 4.35. The molecule has 0 radical (unpaired) electrons. The molecular formula is C19H18N6OS. The first-order chi connectivity index (χ1) is 13.0. The fraction of sp³-hybridized carbons (Fsp3) is 0.211. The number of nitrogens with one attached hydrogen (secondary N) is 1. The average Bonchev–Trinajstić information content (AvgIpc) is 3.09. The van der Waals surface area contributed by atoms with Crippen molar-refractivity contribution in [2.75, 3.05) is 0 Å².